The molecule has 0 bridgehead atoms. The van der Waals surface area contributed by atoms with Gasteiger partial charge >= 0.3 is 0 Å². The Hall–Kier alpha value is -3.75. The number of aromatic amines is 1. The highest BCUT2D eigenvalue weighted by Crippen LogP contribution is 2.24. The fourth-order valence-electron chi connectivity index (χ4n) is 2.59. The summed E-state index contributed by atoms with van der Waals surface area (Å²) in [5, 5.41) is 8.34. The van der Waals surface area contributed by atoms with Gasteiger partial charge in [-0.2, -0.15) is 5.10 Å². The molecule has 0 saturated carbocycles. The van der Waals surface area contributed by atoms with Crippen molar-refractivity contribution in [2.45, 2.75) is 6.54 Å². The molecule has 1 aromatic carbocycles. The van der Waals surface area contributed by atoms with Crippen molar-refractivity contribution < 1.29 is 8.91 Å². The standard InChI is InChI=1S/C17H13FN6O2/c18-11-4-2-1-3-10(11)9-24-14(12-5-6-26-23-12)7-13(22-24)17-20-15(19)8-16(25)21-17/h1-8H,9H2,(H3,19,20,21,25). The molecular weight excluding hydrogens is 339 g/mol. The van der Waals surface area contributed by atoms with Gasteiger partial charge in [0.15, 0.2) is 5.82 Å². The van der Waals surface area contributed by atoms with E-state index in [4.69, 9.17) is 10.3 Å². The molecule has 0 aliphatic heterocycles. The first-order chi connectivity index (χ1) is 12.6. The minimum Gasteiger partial charge on any atom is -0.383 e. The molecule has 0 unspecified atom stereocenters. The van der Waals surface area contributed by atoms with Gasteiger partial charge in [0.05, 0.1) is 12.2 Å². The van der Waals surface area contributed by atoms with E-state index >= 15 is 0 Å². The van der Waals surface area contributed by atoms with Crippen molar-refractivity contribution in [1.82, 2.24) is 24.9 Å². The fourth-order valence-corrected chi connectivity index (χ4v) is 2.59. The van der Waals surface area contributed by atoms with Crippen molar-refractivity contribution in [2.75, 3.05) is 5.73 Å². The van der Waals surface area contributed by atoms with Gasteiger partial charge in [0.1, 0.15) is 29.3 Å². The molecule has 3 aromatic heterocycles. The molecule has 0 amide bonds. The number of rotatable bonds is 4. The van der Waals surface area contributed by atoms with Crippen LogP contribution in [0.25, 0.3) is 22.9 Å². The Morgan fingerprint density at radius 3 is 2.77 bits per heavy atom. The molecule has 130 valence electrons. The van der Waals surface area contributed by atoms with Crippen molar-refractivity contribution in [2.24, 2.45) is 0 Å². The first kappa shape index (κ1) is 15.8. The second-order valence-electron chi connectivity index (χ2n) is 5.57. The lowest BCUT2D eigenvalue weighted by Crippen LogP contribution is -2.10. The smallest absolute Gasteiger partial charge is 0.253 e. The largest absolute Gasteiger partial charge is 0.383 e. The van der Waals surface area contributed by atoms with Gasteiger partial charge in [-0.3, -0.25) is 9.48 Å². The van der Waals surface area contributed by atoms with Crippen molar-refractivity contribution in [3.05, 3.63) is 70.5 Å². The molecule has 3 N–H and O–H groups in total. The summed E-state index contributed by atoms with van der Waals surface area (Å²) in [5.41, 5.74) is 7.19. The van der Waals surface area contributed by atoms with Gasteiger partial charge in [0, 0.05) is 17.7 Å². The summed E-state index contributed by atoms with van der Waals surface area (Å²) in [6.45, 7) is 0.168. The molecule has 8 nitrogen and oxygen atoms in total. The number of nitrogen functional groups attached to an aromatic ring is 1. The summed E-state index contributed by atoms with van der Waals surface area (Å²) in [7, 11) is 0. The number of nitrogens with two attached hydrogens (primary N) is 1. The van der Waals surface area contributed by atoms with Crippen molar-refractivity contribution in [3.8, 4) is 22.9 Å². The van der Waals surface area contributed by atoms with Gasteiger partial charge in [-0.05, 0) is 12.1 Å². The third-order valence-corrected chi connectivity index (χ3v) is 3.76. The Kier molecular flexibility index (Phi) is 3.81. The highest BCUT2D eigenvalue weighted by atomic mass is 19.1. The number of nitrogens with one attached hydrogen (secondary N) is 1. The molecule has 0 aliphatic carbocycles. The summed E-state index contributed by atoms with van der Waals surface area (Å²) < 4.78 is 20.5. The third kappa shape index (κ3) is 2.97. The average Bonchev–Trinajstić information content (AvgIpc) is 3.25. The van der Waals surface area contributed by atoms with Crippen LogP contribution in [0.3, 0.4) is 0 Å². The molecule has 9 heteroatoms. The van der Waals surface area contributed by atoms with E-state index in [1.807, 2.05) is 0 Å². The SMILES string of the molecule is Nc1cc(=O)[nH]c(-c2cc(-c3ccon3)n(Cc3ccccc3F)n2)n1. The summed E-state index contributed by atoms with van der Waals surface area (Å²) in [6, 6.07) is 10.9. The minimum absolute atomic E-state index is 0.0791. The summed E-state index contributed by atoms with van der Waals surface area (Å²) in [6.07, 6.45) is 1.43. The lowest BCUT2D eigenvalue weighted by atomic mass is 10.2. The highest BCUT2D eigenvalue weighted by molar-refractivity contribution is 5.63. The highest BCUT2D eigenvalue weighted by Gasteiger charge is 2.16. The second kappa shape index (κ2) is 6.28. The van der Waals surface area contributed by atoms with Gasteiger partial charge in [0.2, 0.25) is 0 Å². The Morgan fingerprint density at radius 2 is 2.04 bits per heavy atom. The number of nitrogens with zero attached hydrogens (tertiary/aromatic N) is 4. The van der Waals surface area contributed by atoms with E-state index in [0.717, 1.165) is 0 Å². The maximum absolute atomic E-state index is 14.0. The molecule has 0 aliphatic rings. The zero-order valence-corrected chi connectivity index (χ0v) is 13.4. The number of benzene rings is 1. The third-order valence-electron chi connectivity index (χ3n) is 3.76. The van der Waals surface area contributed by atoms with E-state index in [9.17, 15) is 9.18 Å². The van der Waals surface area contributed by atoms with Gasteiger partial charge in [0.25, 0.3) is 5.56 Å². The van der Waals surface area contributed by atoms with Crippen LogP contribution in [0.1, 0.15) is 5.56 Å². The summed E-state index contributed by atoms with van der Waals surface area (Å²) in [4.78, 5) is 18.3. The summed E-state index contributed by atoms with van der Waals surface area (Å²) in [5.74, 6) is -0.0476. The van der Waals surface area contributed by atoms with Crippen molar-refractivity contribution in [1.29, 1.82) is 0 Å². The lowest BCUT2D eigenvalue weighted by molar-refractivity contribution is 0.421. The molecule has 0 spiro atoms. The van der Waals surface area contributed by atoms with E-state index in [0.29, 0.717) is 22.6 Å². The van der Waals surface area contributed by atoms with Crippen LogP contribution >= 0.6 is 0 Å². The van der Waals surface area contributed by atoms with Gasteiger partial charge < -0.3 is 15.2 Å². The van der Waals surface area contributed by atoms with Gasteiger partial charge in [-0.25, -0.2) is 9.37 Å². The Bertz CT molecular complexity index is 1120. The van der Waals surface area contributed by atoms with E-state index in [2.05, 4.69) is 20.2 Å². The molecule has 4 aromatic rings. The summed E-state index contributed by atoms with van der Waals surface area (Å²) >= 11 is 0. The Morgan fingerprint density at radius 1 is 1.19 bits per heavy atom. The first-order valence-corrected chi connectivity index (χ1v) is 7.69. The fraction of sp³-hybridized carbons (Fsp3) is 0.0588. The zero-order valence-electron chi connectivity index (χ0n) is 13.4. The molecular formula is C17H13FN6O2. The zero-order chi connectivity index (χ0) is 18.1. The monoisotopic (exact) mass is 352 g/mol. The number of H-pyrrole nitrogens is 1. The predicted octanol–water partition coefficient (Wildman–Crippen LogP) is 2.06. The number of hydrogen-bond donors (Lipinski definition) is 2. The van der Waals surface area contributed by atoms with Crippen LogP contribution in [0, 0.1) is 5.82 Å². The Balaban J connectivity index is 1.83. The number of anilines is 1. The van der Waals surface area contributed by atoms with E-state index < -0.39 is 0 Å². The van der Waals surface area contributed by atoms with E-state index in [-0.39, 0.29) is 29.6 Å². The number of aromatic nitrogens is 5. The average molecular weight is 352 g/mol. The first-order valence-electron chi connectivity index (χ1n) is 7.69. The van der Waals surface area contributed by atoms with Crippen LogP contribution < -0.4 is 11.3 Å². The van der Waals surface area contributed by atoms with Crippen LogP contribution in [0.5, 0.6) is 0 Å². The topological polar surface area (TPSA) is 116 Å². The number of halogens is 1. The van der Waals surface area contributed by atoms with Gasteiger partial charge in [-0.15, -0.1) is 0 Å². The predicted molar refractivity (Wildman–Crippen MR) is 91.5 cm³/mol. The van der Waals surface area contributed by atoms with Crippen LogP contribution in [-0.2, 0) is 6.54 Å². The minimum atomic E-state index is -0.390. The second-order valence-corrected chi connectivity index (χ2v) is 5.57. The lowest BCUT2D eigenvalue weighted by Gasteiger charge is -2.06. The molecule has 0 saturated heterocycles. The van der Waals surface area contributed by atoms with Gasteiger partial charge in [-0.1, -0.05) is 23.4 Å². The Labute approximate surface area is 146 Å². The maximum atomic E-state index is 14.0. The van der Waals surface area contributed by atoms with Crippen LogP contribution in [0.2, 0.25) is 0 Å². The molecule has 0 atom stereocenters. The quantitative estimate of drug-likeness (QED) is 0.581. The molecule has 26 heavy (non-hydrogen) atoms. The van der Waals surface area contributed by atoms with E-state index in [1.165, 1.54) is 18.4 Å². The van der Waals surface area contributed by atoms with E-state index in [1.54, 1.807) is 35.0 Å². The maximum Gasteiger partial charge on any atom is 0.253 e. The molecule has 3 heterocycles. The molecule has 0 radical (unpaired) electrons. The molecule has 0 fully saturated rings. The van der Waals surface area contributed by atoms with Crippen molar-refractivity contribution >= 4 is 5.82 Å². The molecule has 4 rings (SSSR count). The van der Waals surface area contributed by atoms with Crippen LogP contribution in [0.4, 0.5) is 10.2 Å². The van der Waals surface area contributed by atoms with Crippen molar-refractivity contribution in [3.63, 3.8) is 0 Å². The normalized spacial score (nSPS) is 11.0. The number of hydrogen-bond acceptors (Lipinski definition) is 6. The van der Waals surface area contributed by atoms with Crippen LogP contribution in [-0.4, -0.2) is 24.9 Å². The van der Waals surface area contributed by atoms with Crippen LogP contribution in [0.15, 0.2) is 58.0 Å².